The van der Waals surface area contributed by atoms with Gasteiger partial charge >= 0.3 is 0 Å². The van der Waals surface area contributed by atoms with Crippen LogP contribution in [0.2, 0.25) is 0 Å². The lowest BCUT2D eigenvalue weighted by molar-refractivity contribution is 0.199. The zero-order valence-corrected chi connectivity index (χ0v) is 10.9. The van der Waals surface area contributed by atoms with Gasteiger partial charge < -0.3 is 14.6 Å². The van der Waals surface area contributed by atoms with Gasteiger partial charge in [-0.2, -0.15) is 0 Å². The molecule has 2 aromatic rings. The number of rotatable bonds is 6. The van der Waals surface area contributed by atoms with Crippen LogP contribution in [-0.4, -0.2) is 29.8 Å². The van der Waals surface area contributed by atoms with Crippen molar-refractivity contribution in [3.8, 4) is 5.69 Å². The van der Waals surface area contributed by atoms with Crippen molar-refractivity contribution in [3.63, 3.8) is 0 Å². The number of methoxy groups -OCH3 is 1. The second-order valence-corrected chi connectivity index (χ2v) is 4.26. The Bertz CT molecular complexity index is 480. The van der Waals surface area contributed by atoms with Crippen LogP contribution in [0, 0.1) is 6.92 Å². The van der Waals surface area contributed by atoms with Crippen molar-refractivity contribution < 1.29 is 4.74 Å². The minimum atomic E-state index is 0.742. The number of aromatic nitrogens is 2. The first-order chi connectivity index (χ1) is 8.81. The monoisotopic (exact) mass is 245 g/mol. The smallest absolute Gasteiger partial charge is 0.0991 e. The molecule has 1 N–H and O–H groups in total. The van der Waals surface area contributed by atoms with Gasteiger partial charge in [0.15, 0.2) is 0 Å². The number of nitrogens with one attached hydrogen (secondary N) is 1. The summed E-state index contributed by atoms with van der Waals surface area (Å²) in [5.74, 6) is 0. The Morgan fingerprint density at radius 2 is 2.28 bits per heavy atom. The summed E-state index contributed by atoms with van der Waals surface area (Å²) in [6.07, 6.45) is 5.57. The predicted octanol–water partition coefficient (Wildman–Crippen LogP) is 1.92. The summed E-state index contributed by atoms with van der Waals surface area (Å²) in [6.45, 7) is 4.60. The van der Waals surface area contributed by atoms with Crippen molar-refractivity contribution in [1.29, 1.82) is 0 Å². The molecule has 0 saturated carbocycles. The third kappa shape index (κ3) is 3.18. The van der Waals surface area contributed by atoms with Gasteiger partial charge in [0.25, 0.3) is 0 Å². The van der Waals surface area contributed by atoms with Crippen molar-refractivity contribution >= 4 is 0 Å². The van der Waals surface area contributed by atoms with Crippen molar-refractivity contribution in [1.82, 2.24) is 14.9 Å². The molecule has 0 radical (unpaired) electrons. The van der Waals surface area contributed by atoms with E-state index in [2.05, 4.69) is 35.4 Å². The number of hydrogen-bond donors (Lipinski definition) is 1. The molecular weight excluding hydrogens is 226 g/mol. The van der Waals surface area contributed by atoms with Crippen molar-refractivity contribution in [2.24, 2.45) is 0 Å². The minimum absolute atomic E-state index is 0.742. The van der Waals surface area contributed by atoms with Crippen LogP contribution in [-0.2, 0) is 11.3 Å². The fourth-order valence-electron chi connectivity index (χ4n) is 1.93. The number of nitrogens with zero attached hydrogens (tertiary/aromatic N) is 2. The molecule has 4 heteroatoms. The SMILES string of the molecule is COCCNCc1ccc(-n2ccnc2)c(C)c1. The van der Waals surface area contributed by atoms with E-state index in [1.807, 2.05) is 17.1 Å². The lowest BCUT2D eigenvalue weighted by Gasteiger charge is -2.10. The fraction of sp³-hybridized carbons (Fsp3) is 0.357. The molecule has 1 aromatic heterocycles. The Balaban J connectivity index is 2.01. The molecular formula is C14H19N3O. The van der Waals surface area contributed by atoms with E-state index in [0.717, 1.165) is 19.7 Å². The summed E-state index contributed by atoms with van der Waals surface area (Å²) < 4.78 is 7.02. The van der Waals surface area contributed by atoms with Gasteiger partial charge in [-0.05, 0) is 24.1 Å². The van der Waals surface area contributed by atoms with Crippen molar-refractivity contribution in [3.05, 3.63) is 48.0 Å². The van der Waals surface area contributed by atoms with Gasteiger partial charge in [0.2, 0.25) is 0 Å². The van der Waals surface area contributed by atoms with Gasteiger partial charge in [-0.1, -0.05) is 12.1 Å². The van der Waals surface area contributed by atoms with E-state index in [4.69, 9.17) is 4.74 Å². The van der Waals surface area contributed by atoms with Gasteiger partial charge in [0.1, 0.15) is 0 Å². The largest absolute Gasteiger partial charge is 0.383 e. The van der Waals surface area contributed by atoms with E-state index in [-0.39, 0.29) is 0 Å². The molecule has 0 aliphatic rings. The van der Waals surface area contributed by atoms with Crippen molar-refractivity contribution in [2.75, 3.05) is 20.3 Å². The molecule has 4 nitrogen and oxygen atoms in total. The molecule has 1 heterocycles. The summed E-state index contributed by atoms with van der Waals surface area (Å²) >= 11 is 0. The molecule has 0 aliphatic heterocycles. The zero-order valence-electron chi connectivity index (χ0n) is 10.9. The zero-order chi connectivity index (χ0) is 12.8. The fourth-order valence-corrected chi connectivity index (χ4v) is 1.93. The van der Waals surface area contributed by atoms with Gasteiger partial charge in [0.05, 0.1) is 12.9 Å². The summed E-state index contributed by atoms with van der Waals surface area (Å²) in [4.78, 5) is 4.07. The predicted molar refractivity (Wildman–Crippen MR) is 71.9 cm³/mol. The quantitative estimate of drug-likeness (QED) is 0.790. The van der Waals surface area contributed by atoms with Gasteiger partial charge in [-0.3, -0.25) is 0 Å². The summed E-state index contributed by atoms with van der Waals surface area (Å²) in [6, 6.07) is 6.47. The topological polar surface area (TPSA) is 39.1 Å². The van der Waals surface area contributed by atoms with E-state index in [9.17, 15) is 0 Å². The number of ether oxygens (including phenoxy) is 1. The first kappa shape index (κ1) is 12.8. The highest BCUT2D eigenvalue weighted by Gasteiger charge is 2.01. The molecule has 0 aliphatic carbocycles. The molecule has 0 bridgehead atoms. The summed E-state index contributed by atoms with van der Waals surface area (Å²) in [5.41, 5.74) is 3.71. The number of imidazole rings is 1. The Hall–Kier alpha value is -1.65. The van der Waals surface area contributed by atoms with Gasteiger partial charge in [-0.15, -0.1) is 0 Å². The molecule has 18 heavy (non-hydrogen) atoms. The van der Waals surface area contributed by atoms with Crippen LogP contribution in [0.25, 0.3) is 5.69 Å². The molecule has 1 aromatic carbocycles. The van der Waals surface area contributed by atoms with Crippen LogP contribution < -0.4 is 5.32 Å². The number of aryl methyl sites for hydroxylation is 1. The Kier molecular flexibility index (Phi) is 4.50. The lowest BCUT2D eigenvalue weighted by Crippen LogP contribution is -2.18. The first-order valence-electron chi connectivity index (χ1n) is 6.09. The third-order valence-electron chi connectivity index (χ3n) is 2.86. The molecule has 2 rings (SSSR count). The molecule has 0 fully saturated rings. The molecule has 0 unspecified atom stereocenters. The molecule has 0 spiro atoms. The number of hydrogen-bond acceptors (Lipinski definition) is 3. The van der Waals surface area contributed by atoms with E-state index < -0.39 is 0 Å². The first-order valence-corrected chi connectivity index (χ1v) is 6.09. The van der Waals surface area contributed by atoms with E-state index in [1.165, 1.54) is 16.8 Å². The average Bonchev–Trinajstić information content (AvgIpc) is 2.88. The Morgan fingerprint density at radius 3 is 2.94 bits per heavy atom. The van der Waals surface area contributed by atoms with Gasteiger partial charge in [-0.25, -0.2) is 4.98 Å². The van der Waals surface area contributed by atoms with E-state index in [0.29, 0.717) is 0 Å². The Labute approximate surface area is 108 Å². The second kappa shape index (κ2) is 6.33. The highest BCUT2D eigenvalue weighted by molar-refractivity contribution is 5.42. The Morgan fingerprint density at radius 1 is 1.39 bits per heavy atom. The average molecular weight is 245 g/mol. The minimum Gasteiger partial charge on any atom is -0.383 e. The normalized spacial score (nSPS) is 10.8. The highest BCUT2D eigenvalue weighted by Crippen LogP contribution is 2.15. The molecule has 0 saturated heterocycles. The summed E-state index contributed by atoms with van der Waals surface area (Å²) in [5, 5.41) is 3.34. The van der Waals surface area contributed by atoms with Crippen molar-refractivity contribution in [2.45, 2.75) is 13.5 Å². The maximum Gasteiger partial charge on any atom is 0.0991 e. The van der Waals surface area contributed by atoms with Crippen LogP contribution in [0.4, 0.5) is 0 Å². The van der Waals surface area contributed by atoms with Gasteiger partial charge in [0, 0.05) is 38.3 Å². The third-order valence-corrected chi connectivity index (χ3v) is 2.86. The highest BCUT2D eigenvalue weighted by atomic mass is 16.5. The van der Waals surface area contributed by atoms with Crippen LogP contribution in [0.1, 0.15) is 11.1 Å². The molecule has 96 valence electrons. The number of benzene rings is 1. The van der Waals surface area contributed by atoms with E-state index in [1.54, 1.807) is 13.3 Å². The summed E-state index contributed by atoms with van der Waals surface area (Å²) in [7, 11) is 1.71. The maximum absolute atomic E-state index is 5.00. The van der Waals surface area contributed by atoms with Crippen LogP contribution in [0.15, 0.2) is 36.9 Å². The standard InChI is InChI=1S/C14H19N3O/c1-12-9-13(10-15-6-8-18-2)3-4-14(12)17-7-5-16-11-17/h3-5,7,9,11,15H,6,8,10H2,1-2H3. The maximum atomic E-state index is 5.00. The van der Waals surface area contributed by atoms with E-state index >= 15 is 0 Å². The second-order valence-electron chi connectivity index (χ2n) is 4.26. The van der Waals surface area contributed by atoms with Crippen LogP contribution in [0.5, 0.6) is 0 Å². The molecule has 0 atom stereocenters. The van der Waals surface area contributed by atoms with Crippen LogP contribution >= 0.6 is 0 Å². The van der Waals surface area contributed by atoms with Crippen LogP contribution in [0.3, 0.4) is 0 Å². The molecule has 0 amide bonds. The lowest BCUT2D eigenvalue weighted by atomic mass is 10.1.